The summed E-state index contributed by atoms with van der Waals surface area (Å²) in [5, 5.41) is 9.31. The third kappa shape index (κ3) is 4.72. The molecule has 4 aromatic rings. The van der Waals surface area contributed by atoms with Gasteiger partial charge < -0.3 is 19.5 Å². The highest BCUT2D eigenvalue weighted by atomic mass is 16.3. The van der Waals surface area contributed by atoms with Crippen LogP contribution in [0.1, 0.15) is 37.2 Å². The number of hydrogen-bond acceptors (Lipinski definition) is 4. The maximum atomic E-state index is 6.06. The van der Waals surface area contributed by atoms with Crippen molar-refractivity contribution in [1.82, 2.24) is 10.6 Å². The fourth-order valence-electron chi connectivity index (χ4n) is 3.85. The lowest BCUT2D eigenvalue weighted by Gasteiger charge is -2.16. The van der Waals surface area contributed by atoms with Crippen molar-refractivity contribution in [3.63, 3.8) is 0 Å². The summed E-state index contributed by atoms with van der Waals surface area (Å²) < 4.78 is 11.5. The molecule has 0 aliphatic carbocycles. The SMILES string of the molecule is CCC(Cc1ccc2occc2c1)NCc1cc2cc(CC(C)NC)ccc2o1. The molecule has 0 aliphatic heterocycles. The minimum absolute atomic E-state index is 0.402. The molecule has 4 nitrogen and oxygen atoms in total. The number of likely N-dealkylation sites (N-methyl/N-ethyl adjacent to an activating group) is 1. The van der Waals surface area contributed by atoms with Gasteiger partial charge in [-0.2, -0.15) is 0 Å². The highest BCUT2D eigenvalue weighted by molar-refractivity contribution is 5.79. The van der Waals surface area contributed by atoms with Crippen molar-refractivity contribution < 1.29 is 8.83 Å². The number of fused-ring (bicyclic) bond motifs is 2. The Bertz CT molecular complexity index is 1080. The zero-order valence-electron chi connectivity index (χ0n) is 17.5. The summed E-state index contributed by atoms with van der Waals surface area (Å²) in [6.07, 6.45) is 4.82. The van der Waals surface area contributed by atoms with E-state index in [9.17, 15) is 0 Å². The van der Waals surface area contributed by atoms with Gasteiger partial charge >= 0.3 is 0 Å². The Morgan fingerprint density at radius 3 is 2.45 bits per heavy atom. The smallest absolute Gasteiger partial charge is 0.134 e. The van der Waals surface area contributed by atoms with Crippen molar-refractivity contribution in [2.45, 2.75) is 51.7 Å². The first kappa shape index (κ1) is 19.7. The Morgan fingerprint density at radius 2 is 1.66 bits per heavy atom. The Kier molecular flexibility index (Phi) is 6.02. The summed E-state index contributed by atoms with van der Waals surface area (Å²) >= 11 is 0. The maximum Gasteiger partial charge on any atom is 0.134 e. The summed E-state index contributed by atoms with van der Waals surface area (Å²) in [6.45, 7) is 5.16. The van der Waals surface area contributed by atoms with Gasteiger partial charge in [-0.25, -0.2) is 0 Å². The van der Waals surface area contributed by atoms with E-state index < -0.39 is 0 Å². The predicted octanol–water partition coefficient (Wildman–Crippen LogP) is 5.44. The molecule has 0 radical (unpaired) electrons. The number of nitrogens with one attached hydrogen (secondary N) is 2. The number of rotatable bonds is 9. The summed E-state index contributed by atoms with van der Waals surface area (Å²) in [6, 6.07) is 18.0. The van der Waals surface area contributed by atoms with Gasteiger partial charge in [0.1, 0.15) is 16.9 Å². The molecule has 0 fully saturated rings. The molecule has 0 spiro atoms. The quantitative estimate of drug-likeness (QED) is 0.399. The van der Waals surface area contributed by atoms with Crippen LogP contribution in [0, 0.1) is 0 Å². The second-order valence-electron chi connectivity index (χ2n) is 7.96. The van der Waals surface area contributed by atoms with E-state index >= 15 is 0 Å². The van der Waals surface area contributed by atoms with Gasteiger partial charge in [-0.15, -0.1) is 0 Å². The van der Waals surface area contributed by atoms with Gasteiger partial charge in [-0.1, -0.05) is 19.1 Å². The van der Waals surface area contributed by atoms with Crippen LogP contribution in [0.25, 0.3) is 21.9 Å². The molecular weight excluding hydrogens is 360 g/mol. The molecule has 2 N–H and O–H groups in total. The van der Waals surface area contributed by atoms with Crippen LogP contribution in [-0.2, 0) is 19.4 Å². The molecule has 0 aliphatic rings. The van der Waals surface area contributed by atoms with E-state index in [1.807, 2.05) is 13.1 Å². The van der Waals surface area contributed by atoms with E-state index in [0.717, 1.165) is 48.1 Å². The Labute approximate surface area is 172 Å². The summed E-state index contributed by atoms with van der Waals surface area (Å²) in [4.78, 5) is 0. The normalized spacial score (nSPS) is 13.9. The molecule has 0 saturated carbocycles. The fraction of sp³-hybridized carbons (Fsp3) is 0.360. The Morgan fingerprint density at radius 1 is 0.897 bits per heavy atom. The lowest BCUT2D eigenvalue weighted by Crippen LogP contribution is -2.29. The lowest BCUT2D eigenvalue weighted by atomic mass is 10.0. The predicted molar refractivity (Wildman–Crippen MR) is 119 cm³/mol. The molecule has 0 amide bonds. The lowest BCUT2D eigenvalue weighted by molar-refractivity contribution is 0.447. The molecule has 2 aromatic heterocycles. The van der Waals surface area contributed by atoms with Crippen LogP contribution in [0.3, 0.4) is 0 Å². The van der Waals surface area contributed by atoms with Crippen LogP contribution >= 0.6 is 0 Å². The van der Waals surface area contributed by atoms with Gasteiger partial charge in [-0.3, -0.25) is 0 Å². The first-order valence-corrected chi connectivity index (χ1v) is 10.5. The molecule has 0 bridgehead atoms. The Balaban J connectivity index is 1.40. The van der Waals surface area contributed by atoms with E-state index in [4.69, 9.17) is 8.83 Å². The first-order chi connectivity index (χ1) is 14.1. The van der Waals surface area contributed by atoms with Crippen LogP contribution in [0.5, 0.6) is 0 Å². The zero-order valence-corrected chi connectivity index (χ0v) is 17.5. The largest absolute Gasteiger partial charge is 0.464 e. The van der Waals surface area contributed by atoms with Gasteiger partial charge in [-0.05, 0) is 80.8 Å². The van der Waals surface area contributed by atoms with Crippen molar-refractivity contribution in [2.24, 2.45) is 0 Å². The molecule has 152 valence electrons. The molecule has 2 heterocycles. The monoisotopic (exact) mass is 390 g/mol. The third-order valence-electron chi connectivity index (χ3n) is 5.72. The third-order valence-corrected chi connectivity index (χ3v) is 5.72. The van der Waals surface area contributed by atoms with E-state index in [0.29, 0.717) is 12.1 Å². The van der Waals surface area contributed by atoms with Crippen molar-refractivity contribution >= 4 is 21.9 Å². The molecule has 4 heteroatoms. The summed E-state index contributed by atoms with van der Waals surface area (Å²) in [5.41, 5.74) is 4.56. The molecule has 29 heavy (non-hydrogen) atoms. The van der Waals surface area contributed by atoms with Crippen LogP contribution in [0.2, 0.25) is 0 Å². The summed E-state index contributed by atoms with van der Waals surface area (Å²) in [5.74, 6) is 0.988. The van der Waals surface area contributed by atoms with E-state index in [2.05, 4.69) is 66.9 Å². The highest BCUT2D eigenvalue weighted by Crippen LogP contribution is 2.22. The number of hydrogen-bond donors (Lipinski definition) is 2. The standard InChI is InChI=1S/C25H30N2O2/c1-4-22(14-19-5-7-24-20(12-19)9-10-28-24)27-16-23-15-21-13-18(11-17(2)26-3)6-8-25(21)29-23/h5-10,12-13,15,17,22,26-27H,4,11,14,16H2,1-3H3. The van der Waals surface area contributed by atoms with Crippen LogP contribution < -0.4 is 10.6 Å². The van der Waals surface area contributed by atoms with E-state index in [1.165, 1.54) is 16.5 Å². The van der Waals surface area contributed by atoms with Crippen molar-refractivity contribution in [1.29, 1.82) is 0 Å². The minimum atomic E-state index is 0.402. The zero-order chi connectivity index (χ0) is 20.2. The highest BCUT2D eigenvalue weighted by Gasteiger charge is 2.11. The fourth-order valence-corrected chi connectivity index (χ4v) is 3.85. The topological polar surface area (TPSA) is 50.3 Å². The Hall–Kier alpha value is -2.56. The second-order valence-corrected chi connectivity index (χ2v) is 7.96. The molecule has 2 atom stereocenters. The van der Waals surface area contributed by atoms with E-state index in [1.54, 1.807) is 6.26 Å². The van der Waals surface area contributed by atoms with Crippen molar-refractivity contribution in [3.05, 3.63) is 71.7 Å². The average Bonchev–Trinajstić information content (AvgIpc) is 3.36. The number of benzene rings is 2. The van der Waals surface area contributed by atoms with Gasteiger partial charge in [0.05, 0.1) is 12.8 Å². The van der Waals surface area contributed by atoms with Crippen molar-refractivity contribution in [2.75, 3.05) is 7.05 Å². The van der Waals surface area contributed by atoms with Crippen molar-refractivity contribution in [3.8, 4) is 0 Å². The average molecular weight is 391 g/mol. The minimum Gasteiger partial charge on any atom is -0.464 e. The molecule has 2 unspecified atom stereocenters. The van der Waals surface area contributed by atoms with Crippen LogP contribution in [0.4, 0.5) is 0 Å². The van der Waals surface area contributed by atoms with E-state index in [-0.39, 0.29) is 0 Å². The second kappa shape index (κ2) is 8.85. The number of furan rings is 2. The molecule has 4 rings (SSSR count). The molecule has 2 aromatic carbocycles. The van der Waals surface area contributed by atoms with Gasteiger partial charge in [0.25, 0.3) is 0 Å². The van der Waals surface area contributed by atoms with Gasteiger partial charge in [0.15, 0.2) is 0 Å². The molecule has 0 saturated heterocycles. The van der Waals surface area contributed by atoms with Crippen LogP contribution in [0.15, 0.2) is 63.6 Å². The molecular formula is C25H30N2O2. The first-order valence-electron chi connectivity index (χ1n) is 10.5. The van der Waals surface area contributed by atoms with Gasteiger partial charge in [0, 0.05) is 22.9 Å². The van der Waals surface area contributed by atoms with Gasteiger partial charge in [0.2, 0.25) is 0 Å². The van der Waals surface area contributed by atoms with Crippen LogP contribution in [-0.4, -0.2) is 19.1 Å². The maximum absolute atomic E-state index is 6.06. The summed E-state index contributed by atoms with van der Waals surface area (Å²) in [7, 11) is 2.00.